The predicted octanol–water partition coefficient (Wildman–Crippen LogP) is 2.27. The number of carboxylic acids is 1. The van der Waals surface area contributed by atoms with E-state index in [-0.39, 0.29) is 18.4 Å². The molecular weight excluding hydrogens is 345 g/mol. The van der Waals surface area contributed by atoms with Gasteiger partial charge in [-0.05, 0) is 65.6 Å². The zero-order chi connectivity index (χ0) is 13.1. The fourth-order valence-corrected chi connectivity index (χ4v) is 2.23. The Bertz CT molecular complexity index is 454. The third kappa shape index (κ3) is 3.69. The maximum atomic E-state index is 12.0. The Morgan fingerprint density at radius 2 is 1.94 bits per heavy atom. The highest BCUT2D eigenvalue weighted by Gasteiger charge is 2.33. The summed E-state index contributed by atoms with van der Waals surface area (Å²) in [7, 11) is 0. The van der Waals surface area contributed by atoms with Crippen LogP contribution in [0.1, 0.15) is 29.6 Å². The number of hydrogen-bond donors (Lipinski definition) is 2. The third-order valence-corrected chi connectivity index (χ3v) is 3.73. The van der Waals surface area contributed by atoms with Gasteiger partial charge in [0.1, 0.15) is 0 Å². The van der Waals surface area contributed by atoms with Crippen LogP contribution in [0.3, 0.4) is 0 Å². The van der Waals surface area contributed by atoms with Crippen molar-refractivity contribution in [2.24, 2.45) is 5.92 Å². The van der Waals surface area contributed by atoms with Crippen LogP contribution in [0.25, 0.3) is 0 Å². The van der Waals surface area contributed by atoms with Crippen LogP contribution in [-0.4, -0.2) is 23.0 Å². The molecule has 0 radical (unpaired) electrons. The third-order valence-electron chi connectivity index (χ3n) is 3.01. The van der Waals surface area contributed by atoms with Gasteiger partial charge in [-0.1, -0.05) is 0 Å². The minimum Gasteiger partial charge on any atom is -0.481 e. The highest BCUT2D eigenvalue weighted by atomic mass is 127. The van der Waals surface area contributed by atoms with Gasteiger partial charge in [-0.15, -0.1) is 0 Å². The molecular formula is C13H14INO3. The summed E-state index contributed by atoms with van der Waals surface area (Å²) in [6, 6.07) is 6.98. The maximum Gasteiger partial charge on any atom is 0.305 e. The van der Waals surface area contributed by atoms with Crippen molar-refractivity contribution >= 4 is 34.5 Å². The number of carboxylic acid groups (broad SMARTS) is 1. The lowest BCUT2D eigenvalue weighted by atomic mass is 10.1. The van der Waals surface area contributed by atoms with Gasteiger partial charge in [0.25, 0.3) is 5.91 Å². The molecule has 0 heterocycles. The summed E-state index contributed by atoms with van der Waals surface area (Å²) in [6.45, 7) is 0. The zero-order valence-electron chi connectivity index (χ0n) is 9.73. The van der Waals surface area contributed by atoms with Crippen molar-refractivity contribution in [1.29, 1.82) is 0 Å². The fraction of sp³-hybridized carbons (Fsp3) is 0.385. The lowest BCUT2D eigenvalue weighted by Gasteiger charge is -2.16. The minimum absolute atomic E-state index is 0.000769. The number of carbonyl (C=O) groups excluding carboxylic acids is 1. The van der Waals surface area contributed by atoms with Crippen LogP contribution >= 0.6 is 22.6 Å². The molecule has 1 aromatic carbocycles. The SMILES string of the molecule is O=C(O)CC(NC(=O)c1ccc(I)cc1)C1CC1. The Morgan fingerprint density at radius 1 is 1.33 bits per heavy atom. The first-order valence-corrected chi connectivity index (χ1v) is 6.92. The summed E-state index contributed by atoms with van der Waals surface area (Å²) in [4.78, 5) is 22.7. The van der Waals surface area contributed by atoms with E-state index in [0.29, 0.717) is 11.5 Å². The molecule has 1 fully saturated rings. The molecule has 1 aromatic rings. The van der Waals surface area contributed by atoms with E-state index in [1.807, 2.05) is 12.1 Å². The van der Waals surface area contributed by atoms with Crippen LogP contribution in [0, 0.1) is 9.49 Å². The van der Waals surface area contributed by atoms with E-state index >= 15 is 0 Å². The summed E-state index contributed by atoms with van der Waals surface area (Å²) in [5.74, 6) is -0.728. The quantitative estimate of drug-likeness (QED) is 0.793. The summed E-state index contributed by atoms with van der Waals surface area (Å²) in [5, 5.41) is 11.7. The molecule has 1 aliphatic rings. The van der Waals surface area contributed by atoms with Gasteiger partial charge in [-0.2, -0.15) is 0 Å². The lowest BCUT2D eigenvalue weighted by Crippen LogP contribution is -2.38. The van der Waals surface area contributed by atoms with Crippen LogP contribution < -0.4 is 5.32 Å². The van der Waals surface area contributed by atoms with Crippen molar-refractivity contribution in [1.82, 2.24) is 5.32 Å². The van der Waals surface area contributed by atoms with Gasteiger partial charge in [0, 0.05) is 15.2 Å². The van der Waals surface area contributed by atoms with Crippen molar-refractivity contribution < 1.29 is 14.7 Å². The molecule has 2 N–H and O–H groups in total. The molecule has 1 atom stereocenters. The second-order valence-electron chi connectivity index (χ2n) is 4.52. The molecule has 1 amide bonds. The Hall–Kier alpha value is -1.11. The normalized spacial score (nSPS) is 16.1. The molecule has 1 saturated carbocycles. The monoisotopic (exact) mass is 359 g/mol. The second-order valence-corrected chi connectivity index (χ2v) is 5.77. The molecule has 4 nitrogen and oxygen atoms in total. The first kappa shape index (κ1) is 13.3. The number of benzene rings is 1. The highest BCUT2D eigenvalue weighted by Crippen LogP contribution is 2.34. The van der Waals surface area contributed by atoms with Gasteiger partial charge in [-0.3, -0.25) is 9.59 Å². The average molecular weight is 359 g/mol. The molecule has 96 valence electrons. The first-order chi connectivity index (χ1) is 8.56. The Kier molecular flexibility index (Phi) is 4.21. The molecule has 0 aliphatic heterocycles. The fourth-order valence-electron chi connectivity index (χ4n) is 1.88. The maximum absolute atomic E-state index is 12.0. The Labute approximate surface area is 119 Å². The van der Waals surface area contributed by atoms with E-state index in [9.17, 15) is 9.59 Å². The zero-order valence-corrected chi connectivity index (χ0v) is 11.9. The molecule has 0 bridgehead atoms. The van der Waals surface area contributed by atoms with Gasteiger partial charge in [0.05, 0.1) is 6.42 Å². The van der Waals surface area contributed by atoms with Gasteiger partial charge >= 0.3 is 5.97 Å². The summed E-state index contributed by atoms with van der Waals surface area (Å²) in [6.07, 6.45) is 2.01. The van der Waals surface area contributed by atoms with Crippen molar-refractivity contribution in [3.8, 4) is 0 Å². The number of nitrogens with one attached hydrogen (secondary N) is 1. The van der Waals surface area contributed by atoms with E-state index in [1.54, 1.807) is 12.1 Å². The topological polar surface area (TPSA) is 66.4 Å². The highest BCUT2D eigenvalue weighted by molar-refractivity contribution is 14.1. The van der Waals surface area contributed by atoms with Crippen molar-refractivity contribution in [3.63, 3.8) is 0 Å². The van der Waals surface area contributed by atoms with Gasteiger partial charge in [0.15, 0.2) is 0 Å². The van der Waals surface area contributed by atoms with Crippen LogP contribution in [-0.2, 0) is 4.79 Å². The van der Waals surface area contributed by atoms with Gasteiger partial charge in [-0.25, -0.2) is 0 Å². The predicted molar refractivity (Wildman–Crippen MR) is 75.4 cm³/mol. The summed E-state index contributed by atoms with van der Waals surface area (Å²) in [5.41, 5.74) is 0.575. The van der Waals surface area contributed by atoms with E-state index in [2.05, 4.69) is 27.9 Å². The number of aliphatic carboxylic acids is 1. The summed E-state index contributed by atoms with van der Waals surface area (Å²) < 4.78 is 1.06. The van der Waals surface area contributed by atoms with Crippen LogP contribution in [0.5, 0.6) is 0 Å². The van der Waals surface area contributed by atoms with Gasteiger partial charge < -0.3 is 10.4 Å². The largest absolute Gasteiger partial charge is 0.481 e. The van der Waals surface area contributed by atoms with Crippen LogP contribution in [0.15, 0.2) is 24.3 Å². The smallest absolute Gasteiger partial charge is 0.305 e. The second kappa shape index (κ2) is 5.69. The average Bonchev–Trinajstić information content (AvgIpc) is 3.12. The van der Waals surface area contributed by atoms with Crippen LogP contribution in [0.2, 0.25) is 0 Å². The van der Waals surface area contributed by atoms with E-state index in [4.69, 9.17) is 5.11 Å². The van der Waals surface area contributed by atoms with E-state index in [1.165, 1.54) is 0 Å². The van der Waals surface area contributed by atoms with E-state index < -0.39 is 5.97 Å². The molecule has 0 saturated heterocycles. The number of carbonyl (C=O) groups is 2. The van der Waals surface area contributed by atoms with E-state index in [0.717, 1.165) is 16.4 Å². The molecule has 0 spiro atoms. The van der Waals surface area contributed by atoms with Crippen molar-refractivity contribution in [2.75, 3.05) is 0 Å². The van der Waals surface area contributed by atoms with Crippen molar-refractivity contribution in [3.05, 3.63) is 33.4 Å². The lowest BCUT2D eigenvalue weighted by molar-refractivity contribution is -0.137. The van der Waals surface area contributed by atoms with Gasteiger partial charge in [0.2, 0.25) is 0 Å². The number of rotatable bonds is 5. The molecule has 1 unspecified atom stereocenters. The van der Waals surface area contributed by atoms with Crippen molar-refractivity contribution in [2.45, 2.75) is 25.3 Å². The number of halogens is 1. The summed E-state index contributed by atoms with van der Waals surface area (Å²) >= 11 is 2.17. The van der Waals surface area contributed by atoms with Crippen LogP contribution in [0.4, 0.5) is 0 Å². The molecule has 0 aromatic heterocycles. The molecule has 2 rings (SSSR count). The minimum atomic E-state index is -0.866. The standard InChI is InChI=1S/C13H14INO3/c14-10-5-3-9(4-6-10)13(18)15-11(7-12(16)17)8-1-2-8/h3-6,8,11H,1-2,7H2,(H,15,18)(H,16,17). The Morgan fingerprint density at radius 3 is 2.44 bits per heavy atom. The molecule has 5 heteroatoms. The Balaban J connectivity index is 2.00. The molecule has 18 heavy (non-hydrogen) atoms. The number of amides is 1. The number of hydrogen-bond acceptors (Lipinski definition) is 2. The molecule has 1 aliphatic carbocycles. The first-order valence-electron chi connectivity index (χ1n) is 5.84.